The van der Waals surface area contributed by atoms with Gasteiger partial charge in [0.05, 0.1) is 24.6 Å². The second-order valence-electron chi connectivity index (χ2n) is 9.82. The third-order valence-corrected chi connectivity index (χ3v) is 6.92. The lowest BCUT2D eigenvalue weighted by atomic mass is 10.1. The Morgan fingerprint density at radius 2 is 2.00 bits per heavy atom. The Labute approximate surface area is 228 Å². The fourth-order valence-electron chi connectivity index (χ4n) is 4.05. The van der Waals surface area contributed by atoms with Gasteiger partial charge in [0.2, 0.25) is 5.88 Å². The summed E-state index contributed by atoms with van der Waals surface area (Å²) in [6.45, 7) is 4.12. The summed E-state index contributed by atoms with van der Waals surface area (Å²) in [5.41, 5.74) is 1.54. The van der Waals surface area contributed by atoms with Gasteiger partial charge in [0.1, 0.15) is 29.3 Å². The molecule has 4 aromatic rings. The summed E-state index contributed by atoms with van der Waals surface area (Å²) in [5, 5.41) is 9.72. The third kappa shape index (κ3) is 5.68. The van der Waals surface area contributed by atoms with Gasteiger partial charge in [0, 0.05) is 22.1 Å². The van der Waals surface area contributed by atoms with E-state index < -0.39 is 11.8 Å². The first-order chi connectivity index (χ1) is 18.1. The van der Waals surface area contributed by atoms with Gasteiger partial charge in [0.15, 0.2) is 11.2 Å². The van der Waals surface area contributed by atoms with E-state index in [-0.39, 0.29) is 31.1 Å². The number of carboxylic acids is 1. The van der Waals surface area contributed by atoms with Crippen LogP contribution in [0.2, 0.25) is 10.0 Å². The number of hydrogen-bond donors (Lipinski definition) is 1. The van der Waals surface area contributed by atoms with Crippen LogP contribution in [-0.2, 0) is 11.3 Å². The summed E-state index contributed by atoms with van der Waals surface area (Å²) in [4.78, 5) is 24.5. The first kappa shape index (κ1) is 26.2. The van der Waals surface area contributed by atoms with Crippen LogP contribution in [0.25, 0.3) is 22.6 Å². The number of halogens is 3. The molecule has 8 nitrogen and oxygen atoms in total. The van der Waals surface area contributed by atoms with E-state index in [1.54, 1.807) is 35.8 Å². The first-order valence-corrected chi connectivity index (χ1v) is 12.9. The Kier molecular flexibility index (Phi) is 7.15. The number of aliphatic carboxylic acids is 1. The molecule has 2 aromatic carbocycles. The summed E-state index contributed by atoms with van der Waals surface area (Å²) in [6.07, 6.45) is 3.23. The molecule has 38 heavy (non-hydrogen) atoms. The molecule has 0 spiro atoms. The van der Waals surface area contributed by atoms with Crippen molar-refractivity contribution in [3.05, 3.63) is 64.2 Å². The molecule has 0 saturated heterocycles. The minimum atomic E-state index is -0.883. The normalized spacial score (nSPS) is 14.9. The van der Waals surface area contributed by atoms with E-state index in [4.69, 9.17) is 42.8 Å². The van der Waals surface area contributed by atoms with Crippen LogP contribution in [0.5, 0.6) is 11.6 Å². The maximum Gasteiger partial charge on any atom is 0.303 e. The van der Waals surface area contributed by atoms with E-state index >= 15 is 0 Å². The first-order valence-electron chi connectivity index (χ1n) is 12.1. The van der Waals surface area contributed by atoms with Crippen LogP contribution >= 0.6 is 23.2 Å². The lowest BCUT2D eigenvalue weighted by Crippen LogP contribution is -2.13. The molecule has 1 saturated carbocycles. The molecule has 5 rings (SSSR count). The molecule has 11 heteroatoms. The van der Waals surface area contributed by atoms with Crippen molar-refractivity contribution in [3.63, 3.8) is 0 Å². The molecule has 1 fully saturated rings. The average molecular weight is 559 g/mol. The van der Waals surface area contributed by atoms with E-state index in [2.05, 4.69) is 9.97 Å². The Morgan fingerprint density at radius 3 is 2.71 bits per heavy atom. The number of benzene rings is 2. The van der Waals surface area contributed by atoms with Gasteiger partial charge in [-0.05, 0) is 56.2 Å². The number of carboxylic acid groups (broad SMARTS) is 1. The van der Waals surface area contributed by atoms with E-state index in [1.165, 1.54) is 18.5 Å². The van der Waals surface area contributed by atoms with Crippen molar-refractivity contribution in [2.45, 2.75) is 45.3 Å². The number of imidazole rings is 1. The summed E-state index contributed by atoms with van der Waals surface area (Å²) < 4.78 is 28.4. The Morgan fingerprint density at radius 1 is 1.21 bits per heavy atom. The molecule has 1 unspecified atom stereocenters. The summed E-state index contributed by atoms with van der Waals surface area (Å²) in [7, 11) is 0. The van der Waals surface area contributed by atoms with Crippen molar-refractivity contribution in [1.82, 2.24) is 19.5 Å². The molecule has 1 aliphatic carbocycles. The quantitative estimate of drug-likeness (QED) is 0.240. The number of fused-ring (bicyclic) bond motifs is 1. The largest absolute Gasteiger partial charge is 0.493 e. The molecule has 0 aliphatic heterocycles. The Balaban J connectivity index is 1.55. The van der Waals surface area contributed by atoms with Gasteiger partial charge in [0.25, 0.3) is 0 Å². The molecule has 0 radical (unpaired) electrons. The summed E-state index contributed by atoms with van der Waals surface area (Å²) in [5.74, 6) is -0.181. The van der Waals surface area contributed by atoms with E-state index in [0.29, 0.717) is 49.8 Å². The maximum atomic E-state index is 14.7. The van der Waals surface area contributed by atoms with E-state index in [1.807, 2.05) is 6.92 Å². The maximum absolute atomic E-state index is 14.7. The van der Waals surface area contributed by atoms with E-state index in [0.717, 1.165) is 12.8 Å². The fraction of sp³-hybridized carbons (Fsp3) is 0.333. The number of carbonyl (C=O) groups is 1. The van der Waals surface area contributed by atoms with Crippen LogP contribution in [-0.4, -0.2) is 42.8 Å². The zero-order chi connectivity index (χ0) is 27.0. The van der Waals surface area contributed by atoms with Gasteiger partial charge >= 0.3 is 5.97 Å². The topological polar surface area (TPSA) is 99.4 Å². The second-order valence-corrected chi connectivity index (χ2v) is 10.7. The highest BCUT2D eigenvalue weighted by molar-refractivity contribution is 6.33. The average Bonchev–Trinajstić information content (AvgIpc) is 3.47. The van der Waals surface area contributed by atoms with Gasteiger partial charge in [-0.15, -0.1) is 0 Å². The minimum absolute atomic E-state index is 0.000385. The van der Waals surface area contributed by atoms with Crippen LogP contribution < -0.4 is 9.47 Å². The van der Waals surface area contributed by atoms with Gasteiger partial charge in [-0.25, -0.2) is 14.4 Å². The third-order valence-electron chi connectivity index (χ3n) is 6.37. The zero-order valence-electron chi connectivity index (χ0n) is 20.7. The molecule has 2 aromatic heterocycles. The number of ether oxygens (including phenoxy) is 2. The lowest BCUT2D eigenvalue weighted by molar-refractivity contribution is -0.138. The van der Waals surface area contributed by atoms with Crippen molar-refractivity contribution in [2.24, 2.45) is 5.92 Å². The molecule has 1 N–H and O–H groups in total. The number of aromatic nitrogens is 4. The Hall–Kier alpha value is -3.43. The second kappa shape index (κ2) is 10.4. The molecule has 198 valence electrons. The molecule has 0 bridgehead atoms. The highest BCUT2D eigenvalue weighted by Crippen LogP contribution is 2.41. The molecule has 1 aliphatic rings. The van der Waals surface area contributed by atoms with Gasteiger partial charge < -0.3 is 19.1 Å². The lowest BCUT2D eigenvalue weighted by Gasteiger charge is -2.14. The standard InChI is InChI=1S/C27H25Cl2FN4O4/c1-15(9-22(35)36)13-37-18-4-5-19(20(29)11-18)24-33-23-25(31-14-32-26(23)38-27(2)7-8-27)34(24)12-16-10-17(28)3-6-21(16)30/h3-6,10-11,14-15H,7-9,12-13H2,1-2H3,(H,35,36). The minimum Gasteiger partial charge on any atom is -0.493 e. The Bertz CT molecular complexity index is 1520. The number of nitrogens with zero attached hydrogens (tertiary/aromatic N) is 4. The molecular weight excluding hydrogens is 534 g/mol. The van der Waals surface area contributed by atoms with Crippen LogP contribution in [0, 0.1) is 11.7 Å². The fourth-order valence-corrected chi connectivity index (χ4v) is 4.50. The van der Waals surface area contributed by atoms with Crippen LogP contribution in [0.15, 0.2) is 42.7 Å². The van der Waals surface area contributed by atoms with Crippen molar-refractivity contribution in [2.75, 3.05) is 6.61 Å². The van der Waals surface area contributed by atoms with Crippen LogP contribution in [0.4, 0.5) is 4.39 Å². The molecular formula is C27H25Cl2FN4O4. The predicted octanol–water partition coefficient (Wildman–Crippen LogP) is 6.41. The van der Waals surface area contributed by atoms with Crippen molar-refractivity contribution >= 4 is 40.3 Å². The van der Waals surface area contributed by atoms with Crippen LogP contribution in [0.1, 0.15) is 38.7 Å². The van der Waals surface area contributed by atoms with Gasteiger partial charge in [-0.1, -0.05) is 30.1 Å². The molecule has 2 heterocycles. The number of hydrogen-bond acceptors (Lipinski definition) is 6. The number of rotatable bonds is 10. The summed E-state index contributed by atoms with van der Waals surface area (Å²) in [6, 6.07) is 9.49. The molecule has 0 amide bonds. The van der Waals surface area contributed by atoms with Crippen molar-refractivity contribution in [3.8, 4) is 23.0 Å². The SMILES string of the molecule is CC(COc1ccc(-c2nc3c(OC4(C)CC4)ncnc3n2Cc2cc(Cl)ccc2F)c(Cl)c1)CC(=O)O. The smallest absolute Gasteiger partial charge is 0.303 e. The van der Waals surface area contributed by atoms with E-state index in [9.17, 15) is 9.18 Å². The zero-order valence-corrected chi connectivity index (χ0v) is 22.3. The van der Waals surface area contributed by atoms with Crippen molar-refractivity contribution < 1.29 is 23.8 Å². The van der Waals surface area contributed by atoms with Crippen molar-refractivity contribution in [1.29, 1.82) is 0 Å². The van der Waals surface area contributed by atoms with Gasteiger partial charge in [-0.2, -0.15) is 4.98 Å². The van der Waals surface area contributed by atoms with Crippen LogP contribution in [0.3, 0.4) is 0 Å². The highest BCUT2D eigenvalue weighted by atomic mass is 35.5. The monoisotopic (exact) mass is 558 g/mol. The highest BCUT2D eigenvalue weighted by Gasteiger charge is 2.41. The van der Waals surface area contributed by atoms with Gasteiger partial charge in [-0.3, -0.25) is 4.79 Å². The summed E-state index contributed by atoms with van der Waals surface area (Å²) >= 11 is 12.8. The predicted molar refractivity (Wildman–Crippen MR) is 141 cm³/mol. The molecule has 1 atom stereocenters.